The van der Waals surface area contributed by atoms with Gasteiger partial charge in [0.1, 0.15) is 0 Å². The number of rotatable bonds is 19. The van der Waals surface area contributed by atoms with E-state index in [1.165, 1.54) is 103 Å². The standard InChI is InChI=1S/C19H41BO2S/c1-2-3-4-5-6-7-8-9-10-11-12-13-14-15-16-17-18-23-19-20(21)22/h21-22H,2-19H2,1H3. The predicted octanol–water partition coefficient (Wildman–Crippen LogP) is 5.99. The molecule has 0 aliphatic carbocycles. The average Bonchev–Trinajstić information content (AvgIpc) is 2.53. The molecule has 0 amide bonds. The first kappa shape index (κ1) is 23.3. The Kier molecular flexibility index (Phi) is 20.7. The molecule has 0 saturated heterocycles. The Balaban J connectivity index is 2.95. The summed E-state index contributed by atoms with van der Waals surface area (Å²) >= 11 is 1.65. The van der Waals surface area contributed by atoms with Crippen molar-refractivity contribution in [2.24, 2.45) is 0 Å². The van der Waals surface area contributed by atoms with Crippen molar-refractivity contribution < 1.29 is 10.0 Å². The molecule has 0 radical (unpaired) electrons. The van der Waals surface area contributed by atoms with Crippen LogP contribution in [0.3, 0.4) is 0 Å². The van der Waals surface area contributed by atoms with Gasteiger partial charge in [0.25, 0.3) is 0 Å². The van der Waals surface area contributed by atoms with Crippen molar-refractivity contribution in [3.05, 3.63) is 0 Å². The highest BCUT2D eigenvalue weighted by molar-refractivity contribution is 8.00. The van der Waals surface area contributed by atoms with Gasteiger partial charge in [-0.25, -0.2) is 0 Å². The number of hydrogen-bond acceptors (Lipinski definition) is 3. The second-order valence-electron chi connectivity index (χ2n) is 6.86. The lowest BCUT2D eigenvalue weighted by Crippen LogP contribution is -2.14. The highest BCUT2D eigenvalue weighted by Crippen LogP contribution is 2.14. The largest absolute Gasteiger partial charge is 0.461 e. The van der Waals surface area contributed by atoms with Crippen molar-refractivity contribution in [2.75, 3.05) is 11.4 Å². The summed E-state index contributed by atoms with van der Waals surface area (Å²) < 4.78 is 0. The molecule has 0 fully saturated rings. The monoisotopic (exact) mass is 344 g/mol. The maximum atomic E-state index is 8.72. The van der Waals surface area contributed by atoms with E-state index < -0.39 is 7.12 Å². The van der Waals surface area contributed by atoms with Crippen molar-refractivity contribution in [3.8, 4) is 0 Å². The Bertz CT molecular complexity index is 216. The van der Waals surface area contributed by atoms with Crippen LogP contribution in [0.15, 0.2) is 0 Å². The molecule has 23 heavy (non-hydrogen) atoms. The zero-order chi connectivity index (χ0) is 17.0. The highest BCUT2D eigenvalue weighted by Gasteiger charge is 2.04. The van der Waals surface area contributed by atoms with E-state index in [0.717, 1.165) is 5.75 Å². The fourth-order valence-corrected chi connectivity index (χ4v) is 3.73. The minimum atomic E-state index is -1.14. The van der Waals surface area contributed by atoms with E-state index in [4.69, 9.17) is 10.0 Å². The average molecular weight is 344 g/mol. The van der Waals surface area contributed by atoms with E-state index in [1.807, 2.05) is 0 Å². The van der Waals surface area contributed by atoms with E-state index in [9.17, 15) is 0 Å². The molecule has 4 heteroatoms. The molecular weight excluding hydrogens is 303 g/mol. The van der Waals surface area contributed by atoms with E-state index in [-0.39, 0.29) is 0 Å². The molecule has 0 unspecified atom stereocenters. The van der Waals surface area contributed by atoms with Gasteiger partial charge in [-0.15, -0.1) is 0 Å². The van der Waals surface area contributed by atoms with Crippen LogP contribution >= 0.6 is 11.8 Å². The lowest BCUT2D eigenvalue weighted by Gasteiger charge is -2.04. The lowest BCUT2D eigenvalue weighted by molar-refractivity contribution is 0.415. The van der Waals surface area contributed by atoms with Gasteiger partial charge in [0.05, 0.1) is 0 Å². The second kappa shape index (κ2) is 20.4. The van der Waals surface area contributed by atoms with Gasteiger partial charge in [0.2, 0.25) is 0 Å². The maximum absolute atomic E-state index is 8.72. The van der Waals surface area contributed by atoms with E-state index in [1.54, 1.807) is 11.8 Å². The Morgan fingerprint density at radius 3 is 1.26 bits per heavy atom. The summed E-state index contributed by atoms with van der Waals surface area (Å²) in [6.07, 6.45) is 22.4. The number of unbranched alkanes of at least 4 members (excludes halogenated alkanes) is 15. The smallest absolute Gasteiger partial charge is 0.427 e. The summed E-state index contributed by atoms with van der Waals surface area (Å²) in [5.74, 6) is 1.07. The summed E-state index contributed by atoms with van der Waals surface area (Å²) in [6.45, 7) is 2.28. The molecule has 0 aromatic rings. The van der Waals surface area contributed by atoms with E-state index in [0.29, 0.717) is 5.65 Å². The molecule has 2 N–H and O–H groups in total. The van der Waals surface area contributed by atoms with Gasteiger partial charge in [-0.1, -0.05) is 103 Å². The van der Waals surface area contributed by atoms with Crippen LogP contribution in [0.5, 0.6) is 0 Å². The Labute approximate surface area is 150 Å². The predicted molar refractivity (Wildman–Crippen MR) is 107 cm³/mol. The first-order chi connectivity index (χ1) is 11.3. The minimum absolute atomic E-state index is 0.457. The maximum Gasteiger partial charge on any atom is 0.461 e. The van der Waals surface area contributed by atoms with Crippen LogP contribution in [0.4, 0.5) is 0 Å². The van der Waals surface area contributed by atoms with Gasteiger partial charge in [0.15, 0.2) is 0 Å². The Hall–Kier alpha value is 0.335. The van der Waals surface area contributed by atoms with Gasteiger partial charge in [0, 0.05) is 5.65 Å². The molecule has 138 valence electrons. The minimum Gasteiger partial charge on any atom is -0.427 e. The zero-order valence-corrected chi connectivity index (χ0v) is 16.4. The fraction of sp³-hybridized carbons (Fsp3) is 1.00. The summed E-state index contributed by atoms with van der Waals surface area (Å²) in [4.78, 5) is 0. The van der Waals surface area contributed by atoms with Crippen LogP contribution in [-0.2, 0) is 0 Å². The third kappa shape index (κ3) is 22.3. The van der Waals surface area contributed by atoms with Crippen LogP contribution in [0.25, 0.3) is 0 Å². The molecule has 0 aliphatic heterocycles. The first-order valence-corrected chi connectivity index (χ1v) is 11.4. The van der Waals surface area contributed by atoms with Crippen LogP contribution in [0.1, 0.15) is 110 Å². The third-order valence-electron chi connectivity index (χ3n) is 4.41. The van der Waals surface area contributed by atoms with Crippen molar-refractivity contribution in [1.29, 1.82) is 0 Å². The molecule has 2 nitrogen and oxygen atoms in total. The molecule has 0 aromatic carbocycles. The second-order valence-corrected chi connectivity index (χ2v) is 8.01. The van der Waals surface area contributed by atoms with Crippen LogP contribution in [0.2, 0.25) is 0 Å². The normalized spacial score (nSPS) is 11.1. The van der Waals surface area contributed by atoms with E-state index in [2.05, 4.69) is 6.92 Å². The molecule has 0 spiro atoms. The van der Waals surface area contributed by atoms with Crippen molar-refractivity contribution in [2.45, 2.75) is 110 Å². The number of hydrogen-bond donors (Lipinski definition) is 2. The quantitative estimate of drug-likeness (QED) is 0.223. The van der Waals surface area contributed by atoms with Crippen molar-refractivity contribution >= 4 is 18.9 Å². The summed E-state index contributed by atoms with van der Waals surface area (Å²) in [6, 6.07) is 0. The number of thioether (sulfide) groups is 1. The summed E-state index contributed by atoms with van der Waals surface area (Å²) in [5.41, 5.74) is 0.457. The molecule has 0 aromatic heterocycles. The molecule has 0 saturated carbocycles. The lowest BCUT2D eigenvalue weighted by atomic mass is 9.98. The van der Waals surface area contributed by atoms with Crippen molar-refractivity contribution in [1.82, 2.24) is 0 Å². The SMILES string of the molecule is CCCCCCCCCCCCCCCCCCSCB(O)O. The molecule has 0 rings (SSSR count). The van der Waals surface area contributed by atoms with Gasteiger partial charge >= 0.3 is 7.12 Å². The van der Waals surface area contributed by atoms with Crippen LogP contribution in [-0.4, -0.2) is 28.6 Å². The molecule has 0 atom stereocenters. The molecular formula is C19H41BO2S. The van der Waals surface area contributed by atoms with Gasteiger partial charge in [-0.2, -0.15) is 11.8 Å². The van der Waals surface area contributed by atoms with Gasteiger partial charge in [-0.05, 0) is 12.2 Å². The van der Waals surface area contributed by atoms with Crippen LogP contribution < -0.4 is 0 Å². The molecule has 0 aliphatic rings. The molecule has 0 heterocycles. The first-order valence-electron chi connectivity index (χ1n) is 10.2. The van der Waals surface area contributed by atoms with Crippen LogP contribution in [0, 0.1) is 0 Å². The summed E-state index contributed by atoms with van der Waals surface area (Å²) in [7, 11) is -1.14. The fourth-order valence-electron chi connectivity index (χ4n) is 2.94. The molecule has 0 bridgehead atoms. The Morgan fingerprint density at radius 1 is 0.565 bits per heavy atom. The Morgan fingerprint density at radius 2 is 0.913 bits per heavy atom. The summed E-state index contributed by atoms with van der Waals surface area (Å²) in [5, 5.41) is 17.4. The highest BCUT2D eigenvalue weighted by atomic mass is 32.2. The topological polar surface area (TPSA) is 40.5 Å². The van der Waals surface area contributed by atoms with E-state index >= 15 is 0 Å². The van der Waals surface area contributed by atoms with Gasteiger partial charge < -0.3 is 10.0 Å². The zero-order valence-electron chi connectivity index (χ0n) is 15.6. The van der Waals surface area contributed by atoms with Crippen molar-refractivity contribution in [3.63, 3.8) is 0 Å². The van der Waals surface area contributed by atoms with Gasteiger partial charge in [-0.3, -0.25) is 0 Å². The third-order valence-corrected chi connectivity index (χ3v) is 5.52.